The van der Waals surface area contributed by atoms with Crippen LogP contribution in [0.15, 0.2) is 18.2 Å². The molecule has 0 fully saturated rings. The molecule has 0 bridgehead atoms. The van der Waals surface area contributed by atoms with Crippen LogP contribution >= 0.6 is 0 Å². The summed E-state index contributed by atoms with van der Waals surface area (Å²) in [5, 5.41) is 0. The molecule has 0 aliphatic rings. The van der Waals surface area contributed by atoms with Gasteiger partial charge in [-0.15, -0.1) is 0 Å². The number of benzene rings is 1. The van der Waals surface area contributed by atoms with Crippen molar-refractivity contribution in [3.8, 4) is 0 Å². The highest BCUT2D eigenvalue weighted by Crippen LogP contribution is 2.21. The van der Waals surface area contributed by atoms with E-state index in [0.717, 1.165) is 18.2 Å². The van der Waals surface area contributed by atoms with Crippen LogP contribution in [0, 0.1) is 11.6 Å². The molecule has 2 N–H and O–H groups in total. The van der Waals surface area contributed by atoms with Crippen LogP contribution in [0.5, 0.6) is 0 Å². The van der Waals surface area contributed by atoms with Crippen LogP contribution < -0.4 is 5.73 Å². The van der Waals surface area contributed by atoms with Gasteiger partial charge in [-0.1, -0.05) is 0 Å². The van der Waals surface area contributed by atoms with Gasteiger partial charge in [-0.2, -0.15) is 0 Å². The molecular weight excluding hydrogens is 228 g/mol. The summed E-state index contributed by atoms with van der Waals surface area (Å²) in [5.74, 6) is -1.10. The van der Waals surface area contributed by atoms with Crippen molar-refractivity contribution in [1.82, 2.24) is 0 Å². The minimum Gasteiger partial charge on any atom is -0.351 e. The van der Waals surface area contributed by atoms with Gasteiger partial charge in [-0.3, -0.25) is 0 Å². The summed E-state index contributed by atoms with van der Waals surface area (Å²) < 4.78 is 37.1. The molecule has 0 saturated carbocycles. The Balaban J connectivity index is 2.91. The van der Waals surface area contributed by atoms with Crippen LogP contribution in [0.25, 0.3) is 0 Å². The average Bonchev–Trinajstić information content (AvgIpc) is 2.31. The predicted octanol–water partition coefficient (Wildman–Crippen LogP) is 2.36. The lowest BCUT2D eigenvalue weighted by molar-refractivity contribution is -0.149. The van der Waals surface area contributed by atoms with Crippen molar-refractivity contribution in [2.24, 2.45) is 5.73 Å². The summed E-state index contributed by atoms with van der Waals surface area (Å²) in [6.07, 6.45) is -0.777. The van der Waals surface area contributed by atoms with Crippen LogP contribution in [0.2, 0.25) is 0 Å². The van der Waals surface area contributed by atoms with Crippen molar-refractivity contribution in [2.75, 3.05) is 13.2 Å². The van der Waals surface area contributed by atoms with Gasteiger partial charge < -0.3 is 15.2 Å². The summed E-state index contributed by atoms with van der Waals surface area (Å²) in [7, 11) is 0. The molecule has 96 valence electrons. The number of hydrogen-bond acceptors (Lipinski definition) is 3. The molecule has 0 aliphatic heterocycles. The van der Waals surface area contributed by atoms with Crippen LogP contribution in [0.4, 0.5) is 8.78 Å². The second kappa shape index (κ2) is 6.64. The van der Waals surface area contributed by atoms with Crippen LogP contribution in [-0.2, 0) is 9.47 Å². The predicted molar refractivity (Wildman–Crippen MR) is 60.3 cm³/mol. The molecular formula is C12H17F2NO2. The topological polar surface area (TPSA) is 44.5 Å². The third kappa shape index (κ3) is 3.73. The Bertz CT molecular complexity index is 354. The van der Waals surface area contributed by atoms with Crippen LogP contribution in [0.3, 0.4) is 0 Å². The first-order valence-electron chi connectivity index (χ1n) is 5.53. The average molecular weight is 245 g/mol. The highest BCUT2D eigenvalue weighted by Gasteiger charge is 2.23. The van der Waals surface area contributed by atoms with E-state index in [4.69, 9.17) is 15.2 Å². The maximum atomic E-state index is 13.5. The molecule has 5 heteroatoms. The fourth-order valence-electron chi connectivity index (χ4n) is 1.50. The van der Waals surface area contributed by atoms with Gasteiger partial charge in [0.15, 0.2) is 6.29 Å². The standard InChI is InChI=1S/C12H17F2NO2/c1-3-16-12(17-4-2)11(15)9-7-8(13)5-6-10(9)14/h5-7,11-12H,3-4,15H2,1-2H3. The van der Waals surface area contributed by atoms with Gasteiger partial charge in [0.1, 0.15) is 11.6 Å². The summed E-state index contributed by atoms with van der Waals surface area (Å²) in [6, 6.07) is 2.29. The molecule has 1 aromatic rings. The number of halogens is 2. The van der Waals surface area contributed by atoms with E-state index in [2.05, 4.69) is 0 Å². The molecule has 1 rings (SSSR count). The van der Waals surface area contributed by atoms with Crippen molar-refractivity contribution in [2.45, 2.75) is 26.2 Å². The smallest absolute Gasteiger partial charge is 0.176 e. The van der Waals surface area contributed by atoms with Gasteiger partial charge in [0.2, 0.25) is 0 Å². The van der Waals surface area contributed by atoms with Crippen LogP contribution in [0.1, 0.15) is 25.5 Å². The molecule has 0 radical (unpaired) electrons. The quantitative estimate of drug-likeness (QED) is 0.782. The molecule has 0 spiro atoms. The summed E-state index contributed by atoms with van der Waals surface area (Å²) in [5.41, 5.74) is 5.88. The Morgan fingerprint density at radius 1 is 1.18 bits per heavy atom. The zero-order valence-corrected chi connectivity index (χ0v) is 9.95. The first-order chi connectivity index (χ1) is 8.10. The first kappa shape index (κ1) is 14.0. The summed E-state index contributed by atoms with van der Waals surface area (Å²) in [6.45, 7) is 4.33. The minimum atomic E-state index is -0.856. The molecule has 0 heterocycles. The molecule has 17 heavy (non-hydrogen) atoms. The monoisotopic (exact) mass is 245 g/mol. The third-order valence-electron chi connectivity index (χ3n) is 2.27. The van der Waals surface area contributed by atoms with Gasteiger partial charge >= 0.3 is 0 Å². The largest absolute Gasteiger partial charge is 0.351 e. The van der Waals surface area contributed by atoms with E-state index in [0.29, 0.717) is 13.2 Å². The van der Waals surface area contributed by atoms with E-state index >= 15 is 0 Å². The van der Waals surface area contributed by atoms with Gasteiger partial charge in [-0.05, 0) is 32.0 Å². The number of rotatable bonds is 6. The van der Waals surface area contributed by atoms with E-state index in [1.165, 1.54) is 0 Å². The molecule has 1 aromatic carbocycles. The number of nitrogens with two attached hydrogens (primary N) is 1. The SMILES string of the molecule is CCOC(OCC)C(N)c1cc(F)ccc1F. The normalized spacial score (nSPS) is 13.1. The third-order valence-corrected chi connectivity index (χ3v) is 2.27. The fraction of sp³-hybridized carbons (Fsp3) is 0.500. The highest BCUT2D eigenvalue weighted by molar-refractivity contribution is 5.22. The van der Waals surface area contributed by atoms with Gasteiger partial charge in [0, 0.05) is 18.8 Å². The lowest BCUT2D eigenvalue weighted by Gasteiger charge is -2.24. The summed E-state index contributed by atoms with van der Waals surface area (Å²) in [4.78, 5) is 0. The second-order valence-electron chi connectivity index (χ2n) is 3.47. The minimum absolute atomic E-state index is 0.0527. The maximum Gasteiger partial charge on any atom is 0.176 e. The Kier molecular flexibility index (Phi) is 5.47. The lowest BCUT2D eigenvalue weighted by atomic mass is 10.1. The number of hydrogen-bond donors (Lipinski definition) is 1. The molecule has 1 atom stereocenters. The van der Waals surface area contributed by atoms with E-state index in [9.17, 15) is 8.78 Å². The molecule has 1 unspecified atom stereocenters. The highest BCUT2D eigenvalue weighted by atomic mass is 19.1. The second-order valence-corrected chi connectivity index (χ2v) is 3.47. The molecule has 0 aromatic heterocycles. The lowest BCUT2D eigenvalue weighted by Crippen LogP contribution is -2.32. The zero-order chi connectivity index (χ0) is 12.8. The molecule has 0 saturated heterocycles. The zero-order valence-electron chi connectivity index (χ0n) is 9.95. The van der Waals surface area contributed by atoms with Crippen molar-refractivity contribution in [3.63, 3.8) is 0 Å². The van der Waals surface area contributed by atoms with E-state index in [1.807, 2.05) is 0 Å². The molecule has 0 amide bonds. The maximum absolute atomic E-state index is 13.5. The first-order valence-corrected chi connectivity index (χ1v) is 5.53. The van der Waals surface area contributed by atoms with Gasteiger partial charge in [0.25, 0.3) is 0 Å². The van der Waals surface area contributed by atoms with Crippen molar-refractivity contribution in [3.05, 3.63) is 35.4 Å². The Morgan fingerprint density at radius 3 is 2.29 bits per heavy atom. The summed E-state index contributed by atoms with van der Waals surface area (Å²) >= 11 is 0. The Morgan fingerprint density at radius 2 is 1.76 bits per heavy atom. The fourth-order valence-corrected chi connectivity index (χ4v) is 1.50. The Labute approximate surface area is 99.5 Å². The Hall–Kier alpha value is -1.04. The van der Waals surface area contributed by atoms with E-state index < -0.39 is 24.0 Å². The number of ether oxygens (including phenoxy) is 2. The molecule has 0 aliphatic carbocycles. The van der Waals surface area contributed by atoms with Crippen LogP contribution in [-0.4, -0.2) is 19.5 Å². The molecule has 3 nitrogen and oxygen atoms in total. The van der Waals surface area contributed by atoms with E-state index in [-0.39, 0.29) is 5.56 Å². The van der Waals surface area contributed by atoms with Crippen molar-refractivity contribution >= 4 is 0 Å². The van der Waals surface area contributed by atoms with Crippen molar-refractivity contribution in [1.29, 1.82) is 0 Å². The van der Waals surface area contributed by atoms with Gasteiger partial charge in [-0.25, -0.2) is 8.78 Å². The van der Waals surface area contributed by atoms with Crippen molar-refractivity contribution < 1.29 is 18.3 Å². The van der Waals surface area contributed by atoms with Gasteiger partial charge in [0.05, 0.1) is 6.04 Å². The van der Waals surface area contributed by atoms with E-state index in [1.54, 1.807) is 13.8 Å².